The summed E-state index contributed by atoms with van der Waals surface area (Å²) in [5, 5.41) is 0. The Labute approximate surface area is 171 Å². The molecule has 2 rings (SSSR count). The van der Waals surface area contributed by atoms with Crippen LogP contribution in [-0.2, 0) is 39.1 Å². The summed E-state index contributed by atoms with van der Waals surface area (Å²) < 4.78 is 45.5. The maximum absolute atomic E-state index is 12.4. The van der Waals surface area contributed by atoms with E-state index in [1.807, 2.05) is 0 Å². The smallest absolute Gasteiger partial charge is 0.410 e. The van der Waals surface area contributed by atoms with E-state index in [4.69, 9.17) is 18.4 Å². The van der Waals surface area contributed by atoms with Crippen LogP contribution in [0, 0.1) is 0 Å². The normalized spacial score (nSPS) is 20.2. The van der Waals surface area contributed by atoms with Gasteiger partial charge in [-0.2, -0.15) is 8.42 Å². The quantitative estimate of drug-likeness (QED) is 0.497. The standard InChI is InChI=1S/C19H27NO8S/c1-18(2,3)28-17(22)20-10-11-26-19(13-20,16(21)25-4)14-27-29(23,24)12-15-8-6-5-7-9-15/h5-9H,10-14H2,1-4H3. The highest BCUT2D eigenvalue weighted by Gasteiger charge is 2.48. The Kier molecular flexibility index (Phi) is 7.25. The molecule has 1 unspecified atom stereocenters. The molecule has 1 saturated heterocycles. The first-order valence-electron chi connectivity index (χ1n) is 9.08. The lowest BCUT2D eigenvalue weighted by molar-refractivity contribution is -0.185. The van der Waals surface area contributed by atoms with E-state index in [9.17, 15) is 18.0 Å². The minimum atomic E-state index is -4.00. The molecular formula is C19H27NO8S. The molecular weight excluding hydrogens is 402 g/mol. The third-order valence-corrected chi connectivity index (χ3v) is 5.22. The van der Waals surface area contributed by atoms with Crippen LogP contribution in [-0.4, -0.2) is 70.0 Å². The van der Waals surface area contributed by atoms with Crippen molar-refractivity contribution in [2.24, 2.45) is 0 Å². The van der Waals surface area contributed by atoms with Crippen LogP contribution in [0.25, 0.3) is 0 Å². The molecule has 1 fully saturated rings. The minimum Gasteiger partial charge on any atom is -0.467 e. The van der Waals surface area contributed by atoms with Gasteiger partial charge in [-0.05, 0) is 26.3 Å². The molecule has 1 aliphatic heterocycles. The Morgan fingerprint density at radius 1 is 1.21 bits per heavy atom. The van der Waals surface area contributed by atoms with Crippen LogP contribution < -0.4 is 0 Å². The van der Waals surface area contributed by atoms with Crippen LogP contribution in [0.1, 0.15) is 26.3 Å². The lowest BCUT2D eigenvalue weighted by atomic mass is 10.0. The molecule has 10 heteroatoms. The Hall–Kier alpha value is -2.17. The predicted molar refractivity (Wildman–Crippen MR) is 104 cm³/mol. The average Bonchev–Trinajstić information content (AvgIpc) is 2.65. The molecule has 1 atom stereocenters. The van der Waals surface area contributed by atoms with E-state index in [0.717, 1.165) is 7.11 Å². The van der Waals surface area contributed by atoms with E-state index in [-0.39, 0.29) is 25.4 Å². The van der Waals surface area contributed by atoms with Gasteiger partial charge in [0.05, 0.1) is 20.3 Å². The summed E-state index contributed by atoms with van der Waals surface area (Å²) in [6.45, 7) is 4.47. The lowest BCUT2D eigenvalue weighted by Crippen LogP contribution is -2.61. The number of ether oxygens (including phenoxy) is 3. The molecule has 0 N–H and O–H groups in total. The molecule has 1 aromatic carbocycles. The van der Waals surface area contributed by atoms with Crippen molar-refractivity contribution in [2.75, 3.05) is 33.4 Å². The molecule has 0 radical (unpaired) electrons. The van der Waals surface area contributed by atoms with Gasteiger partial charge in [0.25, 0.3) is 10.1 Å². The SMILES string of the molecule is COC(=O)C1(COS(=O)(=O)Cc2ccccc2)CN(C(=O)OC(C)(C)C)CCO1. The first-order valence-corrected chi connectivity index (χ1v) is 10.7. The summed E-state index contributed by atoms with van der Waals surface area (Å²) in [6, 6.07) is 8.49. The number of esters is 1. The highest BCUT2D eigenvalue weighted by atomic mass is 32.2. The van der Waals surface area contributed by atoms with Crippen LogP contribution in [0.4, 0.5) is 4.79 Å². The van der Waals surface area contributed by atoms with E-state index in [1.54, 1.807) is 51.1 Å². The summed E-state index contributed by atoms with van der Waals surface area (Å²) >= 11 is 0. The van der Waals surface area contributed by atoms with Gasteiger partial charge in [0.15, 0.2) is 0 Å². The van der Waals surface area contributed by atoms with Crippen molar-refractivity contribution >= 4 is 22.2 Å². The van der Waals surface area contributed by atoms with Crippen molar-refractivity contribution in [3.63, 3.8) is 0 Å². The molecule has 0 saturated carbocycles. The van der Waals surface area contributed by atoms with E-state index in [1.165, 1.54) is 4.90 Å². The Balaban J connectivity index is 2.13. The summed E-state index contributed by atoms with van der Waals surface area (Å²) in [6.07, 6.45) is -0.638. The maximum atomic E-state index is 12.4. The molecule has 29 heavy (non-hydrogen) atoms. The predicted octanol–water partition coefficient (Wildman–Crippen LogP) is 1.71. The molecule has 0 spiro atoms. The van der Waals surface area contributed by atoms with Crippen LogP contribution in [0.15, 0.2) is 30.3 Å². The molecule has 9 nitrogen and oxygen atoms in total. The molecule has 1 heterocycles. The molecule has 0 aromatic heterocycles. The van der Waals surface area contributed by atoms with E-state index in [2.05, 4.69) is 0 Å². The van der Waals surface area contributed by atoms with Gasteiger partial charge in [-0.3, -0.25) is 4.18 Å². The highest BCUT2D eigenvalue weighted by molar-refractivity contribution is 7.85. The highest BCUT2D eigenvalue weighted by Crippen LogP contribution is 2.24. The van der Waals surface area contributed by atoms with Gasteiger partial charge in [-0.25, -0.2) is 9.59 Å². The third-order valence-electron chi connectivity index (χ3n) is 4.05. The topological polar surface area (TPSA) is 108 Å². The Bertz CT molecular complexity index is 818. The fraction of sp³-hybridized carbons (Fsp3) is 0.579. The van der Waals surface area contributed by atoms with Crippen molar-refractivity contribution in [1.29, 1.82) is 0 Å². The van der Waals surface area contributed by atoms with Crippen LogP contribution in [0.3, 0.4) is 0 Å². The van der Waals surface area contributed by atoms with E-state index < -0.39 is 40.0 Å². The monoisotopic (exact) mass is 429 g/mol. The number of carbonyl (C=O) groups is 2. The van der Waals surface area contributed by atoms with Crippen molar-refractivity contribution in [2.45, 2.75) is 37.7 Å². The molecule has 1 aromatic rings. The van der Waals surface area contributed by atoms with Crippen molar-refractivity contribution in [3.8, 4) is 0 Å². The van der Waals surface area contributed by atoms with Gasteiger partial charge in [-0.15, -0.1) is 0 Å². The molecule has 162 valence electrons. The number of carbonyl (C=O) groups excluding carboxylic acids is 2. The van der Waals surface area contributed by atoms with Crippen molar-refractivity contribution in [1.82, 2.24) is 4.90 Å². The zero-order valence-electron chi connectivity index (χ0n) is 17.0. The van der Waals surface area contributed by atoms with Crippen LogP contribution in [0.2, 0.25) is 0 Å². The third kappa shape index (κ3) is 6.69. The van der Waals surface area contributed by atoms with Gasteiger partial charge in [0, 0.05) is 6.54 Å². The fourth-order valence-electron chi connectivity index (χ4n) is 2.73. The summed E-state index contributed by atoms with van der Waals surface area (Å²) in [7, 11) is -2.85. The first kappa shape index (κ1) is 23.1. The second-order valence-electron chi connectivity index (χ2n) is 7.69. The zero-order valence-corrected chi connectivity index (χ0v) is 17.9. The minimum absolute atomic E-state index is 0.00354. The number of hydrogen-bond acceptors (Lipinski definition) is 8. The molecule has 0 bridgehead atoms. The van der Waals surface area contributed by atoms with E-state index in [0.29, 0.717) is 5.56 Å². The largest absolute Gasteiger partial charge is 0.467 e. The van der Waals surface area contributed by atoms with Gasteiger partial charge in [0.1, 0.15) is 18.0 Å². The van der Waals surface area contributed by atoms with Gasteiger partial charge < -0.3 is 19.1 Å². The maximum Gasteiger partial charge on any atom is 0.410 e. The summed E-state index contributed by atoms with van der Waals surface area (Å²) in [4.78, 5) is 26.1. The van der Waals surface area contributed by atoms with Crippen molar-refractivity contribution in [3.05, 3.63) is 35.9 Å². The number of benzene rings is 1. The Morgan fingerprint density at radius 2 is 1.86 bits per heavy atom. The number of hydrogen-bond donors (Lipinski definition) is 0. The number of methoxy groups -OCH3 is 1. The Morgan fingerprint density at radius 3 is 2.45 bits per heavy atom. The first-order chi connectivity index (χ1) is 13.5. The van der Waals surface area contributed by atoms with Gasteiger partial charge in [-0.1, -0.05) is 30.3 Å². The van der Waals surface area contributed by atoms with Crippen molar-refractivity contribution < 1.29 is 36.4 Å². The summed E-state index contributed by atoms with van der Waals surface area (Å²) in [5.41, 5.74) is -1.95. The van der Waals surface area contributed by atoms with Gasteiger partial charge >= 0.3 is 12.1 Å². The second kappa shape index (κ2) is 9.10. The average molecular weight is 429 g/mol. The van der Waals surface area contributed by atoms with E-state index >= 15 is 0 Å². The molecule has 0 aliphatic carbocycles. The number of amides is 1. The van der Waals surface area contributed by atoms with Gasteiger partial charge in [0.2, 0.25) is 5.60 Å². The second-order valence-corrected chi connectivity index (χ2v) is 9.33. The van der Waals surface area contributed by atoms with Crippen LogP contribution >= 0.6 is 0 Å². The number of rotatable bonds is 6. The van der Waals surface area contributed by atoms with Crippen LogP contribution in [0.5, 0.6) is 0 Å². The summed E-state index contributed by atoms with van der Waals surface area (Å²) in [5.74, 6) is -1.19. The number of morpholine rings is 1. The fourth-order valence-corrected chi connectivity index (χ4v) is 3.78. The lowest BCUT2D eigenvalue weighted by Gasteiger charge is -2.40. The molecule has 1 aliphatic rings. The number of nitrogens with zero attached hydrogens (tertiary/aromatic N) is 1. The molecule has 1 amide bonds. The zero-order chi connectivity index (χ0) is 21.7.